The van der Waals surface area contributed by atoms with Gasteiger partial charge < -0.3 is 10.2 Å². The van der Waals surface area contributed by atoms with Crippen LogP contribution in [0.3, 0.4) is 0 Å². The van der Waals surface area contributed by atoms with Gasteiger partial charge in [-0.2, -0.15) is 0 Å². The summed E-state index contributed by atoms with van der Waals surface area (Å²) in [5, 5.41) is 17.8. The highest BCUT2D eigenvalue weighted by molar-refractivity contribution is 7.91. The number of hydrogen-bond acceptors (Lipinski definition) is 4. The molecule has 0 aliphatic carbocycles. The second kappa shape index (κ2) is 3.08. The Morgan fingerprint density at radius 1 is 1.45 bits per heavy atom. The molecule has 0 aromatic rings. The molecule has 0 saturated carbocycles. The van der Waals surface area contributed by atoms with Crippen LogP contribution in [0.4, 0.5) is 0 Å². The van der Waals surface area contributed by atoms with Gasteiger partial charge in [-0.25, -0.2) is 8.42 Å². The summed E-state index contributed by atoms with van der Waals surface area (Å²) in [6.45, 7) is -0.250. The summed E-state index contributed by atoms with van der Waals surface area (Å²) < 4.78 is 21.9. The third kappa shape index (κ3) is 2.15. The minimum atomic E-state index is -3.00. The molecule has 1 aliphatic heterocycles. The van der Waals surface area contributed by atoms with E-state index in [9.17, 15) is 13.5 Å². The van der Waals surface area contributed by atoms with Gasteiger partial charge in [0.15, 0.2) is 9.84 Å². The van der Waals surface area contributed by atoms with Gasteiger partial charge in [-0.15, -0.1) is 0 Å². The molecule has 0 amide bonds. The van der Waals surface area contributed by atoms with Crippen LogP contribution >= 0.6 is 0 Å². The molecule has 0 aromatic carbocycles. The Balaban J connectivity index is 2.66. The largest absolute Gasteiger partial charge is 0.396 e. The van der Waals surface area contributed by atoms with E-state index in [1.54, 1.807) is 0 Å². The molecule has 0 aromatic heterocycles. The van der Waals surface area contributed by atoms with Crippen LogP contribution in [-0.4, -0.2) is 42.8 Å². The Kier molecular flexibility index (Phi) is 2.51. The maximum Gasteiger partial charge on any atom is 0.150 e. The predicted molar refractivity (Wildman–Crippen MR) is 39.9 cm³/mol. The zero-order valence-corrected chi connectivity index (χ0v) is 6.92. The molecule has 0 bridgehead atoms. The summed E-state index contributed by atoms with van der Waals surface area (Å²) in [6.07, 6.45) is -0.392. The van der Waals surface area contributed by atoms with Crippen molar-refractivity contribution in [3.8, 4) is 0 Å². The molecule has 66 valence electrons. The third-order valence-corrected chi connectivity index (χ3v) is 3.77. The van der Waals surface area contributed by atoms with Crippen molar-refractivity contribution in [2.75, 3.05) is 18.1 Å². The summed E-state index contributed by atoms with van der Waals surface area (Å²) in [4.78, 5) is 0. The van der Waals surface area contributed by atoms with Crippen molar-refractivity contribution in [1.82, 2.24) is 0 Å². The normalized spacial score (nSPS) is 36.9. The quantitative estimate of drug-likeness (QED) is 0.530. The van der Waals surface area contributed by atoms with Crippen LogP contribution in [0.5, 0.6) is 0 Å². The second-order valence-corrected chi connectivity index (χ2v) is 5.14. The lowest BCUT2D eigenvalue weighted by molar-refractivity contribution is 0.0719. The van der Waals surface area contributed by atoms with Crippen LogP contribution in [0.15, 0.2) is 0 Å². The molecule has 0 spiro atoms. The van der Waals surface area contributed by atoms with Crippen molar-refractivity contribution in [2.45, 2.75) is 12.5 Å². The lowest BCUT2D eigenvalue weighted by Crippen LogP contribution is -2.38. The van der Waals surface area contributed by atoms with Gasteiger partial charge in [0.05, 0.1) is 17.6 Å². The van der Waals surface area contributed by atoms with E-state index in [0.717, 1.165) is 0 Å². The fraction of sp³-hybridized carbons (Fsp3) is 1.00. The highest BCUT2D eigenvalue weighted by Crippen LogP contribution is 2.18. The Morgan fingerprint density at radius 2 is 2.09 bits per heavy atom. The molecular weight excluding hydrogens is 168 g/mol. The first-order chi connectivity index (χ1) is 5.05. The lowest BCUT2D eigenvalue weighted by Gasteiger charge is -2.25. The van der Waals surface area contributed by atoms with E-state index in [4.69, 9.17) is 5.11 Å². The molecule has 2 atom stereocenters. The summed E-state index contributed by atoms with van der Waals surface area (Å²) in [6, 6.07) is 0. The summed E-state index contributed by atoms with van der Waals surface area (Å²) in [5.41, 5.74) is 0. The molecule has 11 heavy (non-hydrogen) atoms. The number of rotatable bonds is 1. The van der Waals surface area contributed by atoms with Gasteiger partial charge in [0.2, 0.25) is 0 Å². The van der Waals surface area contributed by atoms with E-state index >= 15 is 0 Å². The van der Waals surface area contributed by atoms with Gasteiger partial charge in [0, 0.05) is 12.5 Å². The van der Waals surface area contributed by atoms with Crippen LogP contribution in [0.1, 0.15) is 6.42 Å². The fourth-order valence-electron chi connectivity index (χ4n) is 1.23. The SMILES string of the molecule is O=S1(=O)CCC(O)C(CO)C1. The third-order valence-electron chi connectivity index (χ3n) is 1.97. The minimum absolute atomic E-state index is 0.0463. The number of aliphatic hydroxyl groups excluding tert-OH is 2. The standard InChI is InChI=1S/C6H12O4S/c7-3-5-4-11(9,10)2-1-6(5)8/h5-8H,1-4H2. The molecule has 1 aliphatic rings. The van der Waals surface area contributed by atoms with Crippen LogP contribution in [0.2, 0.25) is 0 Å². The Morgan fingerprint density at radius 3 is 2.55 bits per heavy atom. The Labute approximate surface area is 65.8 Å². The average molecular weight is 180 g/mol. The molecule has 1 rings (SSSR count). The van der Waals surface area contributed by atoms with E-state index < -0.39 is 21.9 Å². The molecule has 5 heteroatoms. The predicted octanol–water partition coefficient (Wildman–Crippen LogP) is -1.23. The maximum atomic E-state index is 10.9. The Hall–Kier alpha value is -0.130. The van der Waals surface area contributed by atoms with Crippen LogP contribution in [-0.2, 0) is 9.84 Å². The molecule has 1 fully saturated rings. The van der Waals surface area contributed by atoms with E-state index in [2.05, 4.69) is 0 Å². The highest BCUT2D eigenvalue weighted by atomic mass is 32.2. The summed E-state index contributed by atoms with van der Waals surface area (Å²) >= 11 is 0. The van der Waals surface area contributed by atoms with Gasteiger partial charge in [0.1, 0.15) is 0 Å². The van der Waals surface area contributed by atoms with Crippen LogP contribution < -0.4 is 0 Å². The second-order valence-electron chi connectivity index (χ2n) is 2.91. The monoisotopic (exact) mass is 180 g/mol. The van der Waals surface area contributed by atoms with Gasteiger partial charge in [-0.3, -0.25) is 0 Å². The van der Waals surface area contributed by atoms with Gasteiger partial charge in [-0.05, 0) is 6.42 Å². The number of sulfone groups is 1. The first-order valence-corrected chi connectivity index (χ1v) is 5.36. The van der Waals surface area contributed by atoms with Crippen LogP contribution in [0.25, 0.3) is 0 Å². The highest BCUT2D eigenvalue weighted by Gasteiger charge is 2.30. The van der Waals surface area contributed by atoms with Crippen molar-refractivity contribution < 1.29 is 18.6 Å². The number of hydrogen-bond donors (Lipinski definition) is 2. The smallest absolute Gasteiger partial charge is 0.150 e. The van der Waals surface area contributed by atoms with Gasteiger partial charge in [0.25, 0.3) is 0 Å². The molecule has 2 unspecified atom stereocenters. The topological polar surface area (TPSA) is 74.6 Å². The lowest BCUT2D eigenvalue weighted by atomic mass is 10.0. The van der Waals surface area contributed by atoms with E-state index in [-0.39, 0.29) is 24.5 Å². The van der Waals surface area contributed by atoms with E-state index in [0.29, 0.717) is 0 Å². The van der Waals surface area contributed by atoms with Crippen molar-refractivity contribution in [1.29, 1.82) is 0 Å². The first kappa shape index (κ1) is 8.96. The average Bonchev–Trinajstić information content (AvgIpc) is 1.94. The molecule has 4 nitrogen and oxygen atoms in total. The minimum Gasteiger partial charge on any atom is -0.396 e. The fourth-order valence-corrected chi connectivity index (χ4v) is 2.98. The maximum absolute atomic E-state index is 10.9. The van der Waals surface area contributed by atoms with Crippen molar-refractivity contribution in [3.05, 3.63) is 0 Å². The molecule has 1 heterocycles. The van der Waals surface area contributed by atoms with Gasteiger partial charge >= 0.3 is 0 Å². The van der Waals surface area contributed by atoms with E-state index in [1.165, 1.54) is 0 Å². The number of aliphatic hydroxyl groups is 2. The first-order valence-electron chi connectivity index (χ1n) is 3.54. The zero-order chi connectivity index (χ0) is 8.48. The Bertz CT molecular complexity index is 221. The van der Waals surface area contributed by atoms with Crippen LogP contribution in [0, 0.1) is 5.92 Å². The van der Waals surface area contributed by atoms with Crippen molar-refractivity contribution in [3.63, 3.8) is 0 Å². The summed E-state index contributed by atoms with van der Waals surface area (Å²) in [5.74, 6) is -0.510. The molecule has 1 saturated heterocycles. The molecular formula is C6H12O4S. The molecule has 2 N–H and O–H groups in total. The summed E-state index contributed by atoms with van der Waals surface area (Å²) in [7, 11) is -3.00. The van der Waals surface area contributed by atoms with E-state index in [1.807, 2.05) is 0 Å². The van der Waals surface area contributed by atoms with Gasteiger partial charge in [-0.1, -0.05) is 0 Å². The van der Waals surface area contributed by atoms with Crippen molar-refractivity contribution in [2.24, 2.45) is 5.92 Å². The molecule has 0 radical (unpaired) electrons. The zero-order valence-electron chi connectivity index (χ0n) is 6.10. The van der Waals surface area contributed by atoms with Crippen molar-refractivity contribution >= 4 is 9.84 Å².